The second-order valence-electron chi connectivity index (χ2n) is 5.82. The van der Waals surface area contributed by atoms with E-state index in [4.69, 9.17) is 9.47 Å². The average molecular weight is 345 g/mol. The van der Waals surface area contributed by atoms with Crippen molar-refractivity contribution in [2.45, 2.75) is 39.3 Å². The fourth-order valence-electron chi connectivity index (χ4n) is 2.68. The lowest BCUT2D eigenvalue weighted by Crippen LogP contribution is -2.32. The van der Waals surface area contributed by atoms with Crippen molar-refractivity contribution in [3.8, 4) is 11.5 Å². The largest absolute Gasteiger partial charge is 0.490 e. The lowest BCUT2D eigenvalue weighted by atomic mass is 10.1. The summed E-state index contributed by atoms with van der Waals surface area (Å²) >= 11 is 1.66. The Hall–Kier alpha value is -2.01. The van der Waals surface area contributed by atoms with Gasteiger partial charge in [-0.2, -0.15) is 11.3 Å². The van der Waals surface area contributed by atoms with Crippen molar-refractivity contribution in [1.29, 1.82) is 0 Å². The molecule has 1 amide bonds. The molecule has 1 fully saturated rings. The van der Waals surface area contributed by atoms with Crippen LogP contribution in [0.1, 0.15) is 42.6 Å². The maximum atomic E-state index is 13.0. The summed E-state index contributed by atoms with van der Waals surface area (Å²) in [6, 6.07) is 7.91. The van der Waals surface area contributed by atoms with E-state index in [2.05, 4.69) is 16.8 Å². The Morgan fingerprint density at radius 3 is 2.54 bits per heavy atom. The maximum Gasteiger partial charge on any atom is 0.254 e. The summed E-state index contributed by atoms with van der Waals surface area (Å²) in [6.45, 7) is 5.64. The van der Waals surface area contributed by atoms with E-state index in [1.165, 1.54) is 5.56 Å². The number of benzene rings is 1. The molecule has 128 valence electrons. The first kappa shape index (κ1) is 16.8. The van der Waals surface area contributed by atoms with Crippen molar-refractivity contribution in [3.05, 3.63) is 46.2 Å². The van der Waals surface area contributed by atoms with Crippen molar-refractivity contribution >= 4 is 17.2 Å². The van der Waals surface area contributed by atoms with Crippen LogP contribution in [0.2, 0.25) is 0 Å². The molecule has 3 rings (SSSR count). The number of thiophene rings is 1. The van der Waals surface area contributed by atoms with E-state index in [1.54, 1.807) is 17.4 Å². The number of carbonyl (C=O) groups excluding carboxylic acids is 1. The summed E-state index contributed by atoms with van der Waals surface area (Å²) in [5.74, 6) is 1.39. The van der Waals surface area contributed by atoms with Gasteiger partial charge in [-0.15, -0.1) is 0 Å². The van der Waals surface area contributed by atoms with Crippen molar-refractivity contribution in [2.75, 3.05) is 13.2 Å². The fraction of sp³-hybridized carbons (Fsp3) is 0.421. The van der Waals surface area contributed by atoms with E-state index < -0.39 is 0 Å². The van der Waals surface area contributed by atoms with E-state index >= 15 is 0 Å². The van der Waals surface area contributed by atoms with Gasteiger partial charge in [-0.05, 0) is 67.3 Å². The number of amides is 1. The van der Waals surface area contributed by atoms with Gasteiger partial charge < -0.3 is 14.4 Å². The van der Waals surface area contributed by atoms with Crippen LogP contribution in [-0.4, -0.2) is 30.1 Å². The van der Waals surface area contributed by atoms with Gasteiger partial charge in [0.05, 0.1) is 13.2 Å². The first-order valence-electron chi connectivity index (χ1n) is 8.44. The summed E-state index contributed by atoms with van der Waals surface area (Å²) in [5, 5.41) is 4.15. The molecule has 0 spiro atoms. The molecule has 0 N–H and O–H groups in total. The molecule has 4 nitrogen and oxygen atoms in total. The Morgan fingerprint density at radius 1 is 1.17 bits per heavy atom. The maximum absolute atomic E-state index is 13.0. The molecule has 0 atom stereocenters. The third kappa shape index (κ3) is 3.90. The highest BCUT2D eigenvalue weighted by molar-refractivity contribution is 7.07. The molecule has 1 aliphatic carbocycles. The van der Waals surface area contributed by atoms with Crippen LogP contribution in [0.25, 0.3) is 0 Å². The Labute approximate surface area is 147 Å². The number of hydrogen-bond donors (Lipinski definition) is 0. The zero-order valence-electron chi connectivity index (χ0n) is 14.2. The predicted molar refractivity (Wildman–Crippen MR) is 96.0 cm³/mol. The SMILES string of the molecule is CCOc1ccc(C(=O)N(Cc2ccsc2)C2CC2)cc1OCC. The summed E-state index contributed by atoms with van der Waals surface area (Å²) in [4.78, 5) is 15.0. The van der Waals surface area contributed by atoms with Gasteiger partial charge in [-0.1, -0.05) is 0 Å². The lowest BCUT2D eigenvalue weighted by Gasteiger charge is -2.22. The van der Waals surface area contributed by atoms with Crippen LogP contribution in [0, 0.1) is 0 Å². The molecule has 0 bridgehead atoms. The van der Waals surface area contributed by atoms with Crippen LogP contribution in [0.4, 0.5) is 0 Å². The summed E-state index contributed by atoms with van der Waals surface area (Å²) in [7, 11) is 0. The van der Waals surface area contributed by atoms with Gasteiger partial charge in [0.2, 0.25) is 0 Å². The van der Waals surface area contributed by atoms with Crippen LogP contribution < -0.4 is 9.47 Å². The monoisotopic (exact) mass is 345 g/mol. The number of hydrogen-bond acceptors (Lipinski definition) is 4. The lowest BCUT2D eigenvalue weighted by molar-refractivity contribution is 0.0729. The molecule has 1 heterocycles. The van der Waals surface area contributed by atoms with Gasteiger partial charge >= 0.3 is 0 Å². The van der Waals surface area contributed by atoms with Crippen LogP contribution in [-0.2, 0) is 6.54 Å². The van der Waals surface area contributed by atoms with Crippen LogP contribution in [0.5, 0.6) is 11.5 Å². The van der Waals surface area contributed by atoms with Crippen LogP contribution in [0.15, 0.2) is 35.0 Å². The van der Waals surface area contributed by atoms with E-state index in [-0.39, 0.29) is 5.91 Å². The molecular weight excluding hydrogens is 322 g/mol. The number of rotatable bonds is 8. The number of ether oxygens (including phenoxy) is 2. The van der Waals surface area contributed by atoms with E-state index in [0.717, 1.165) is 12.8 Å². The summed E-state index contributed by atoms with van der Waals surface area (Å²) < 4.78 is 11.2. The molecule has 0 unspecified atom stereocenters. The zero-order valence-corrected chi connectivity index (χ0v) is 15.0. The van der Waals surface area contributed by atoms with Gasteiger partial charge in [0.15, 0.2) is 11.5 Å². The molecule has 24 heavy (non-hydrogen) atoms. The van der Waals surface area contributed by atoms with Crippen molar-refractivity contribution < 1.29 is 14.3 Å². The smallest absolute Gasteiger partial charge is 0.254 e. The van der Waals surface area contributed by atoms with E-state index in [9.17, 15) is 4.79 Å². The second kappa shape index (κ2) is 7.71. The predicted octanol–water partition coefficient (Wildman–Crippen LogP) is 4.35. The first-order chi connectivity index (χ1) is 11.7. The Morgan fingerprint density at radius 2 is 1.92 bits per heavy atom. The van der Waals surface area contributed by atoms with Gasteiger partial charge in [0, 0.05) is 18.2 Å². The summed E-state index contributed by atoms with van der Waals surface area (Å²) in [5.41, 5.74) is 1.85. The molecule has 1 aromatic heterocycles. The molecule has 1 saturated carbocycles. The zero-order chi connectivity index (χ0) is 16.9. The van der Waals surface area contributed by atoms with Gasteiger partial charge in [-0.3, -0.25) is 4.79 Å². The first-order valence-corrected chi connectivity index (χ1v) is 9.38. The van der Waals surface area contributed by atoms with E-state index in [0.29, 0.717) is 42.9 Å². The van der Waals surface area contributed by atoms with Gasteiger partial charge in [-0.25, -0.2) is 0 Å². The quantitative estimate of drug-likeness (QED) is 0.714. The normalized spacial score (nSPS) is 13.6. The number of nitrogens with zero attached hydrogens (tertiary/aromatic N) is 1. The van der Waals surface area contributed by atoms with Crippen LogP contribution in [0.3, 0.4) is 0 Å². The van der Waals surface area contributed by atoms with Gasteiger partial charge in [0.25, 0.3) is 5.91 Å². The van der Waals surface area contributed by atoms with Gasteiger partial charge in [0.1, 0.15) is 0 Å². The molecule has 0 saturated heterocycles. The highest BCUT2D eigenvalue weighted by atomic mass is 32.1. The topological polar surface area (TPSA) is 38.8 Å². The van der Waals surface area contributed by atoms with E-state index in [1.807, 2.05) is 30.9 Å². The minimum Gasteiger partial charge on any atom is -0.490 e. The van der Waals surface area contributed by atoms with Crippen LogP contribution >= 0.6 is 11.3 Å². The van der Waals surface area contributed by atoms with Crippen molar-refractivity contribution in [3.63, 3.8) is 0 Å². The number of carbonyl (C=O) groups is 1. The molecule has 0 aliphatic heterocycles. The van der Waals surface area contributed by atoms with Crippen molar-refractivity contribution in [1.82, 2.24) is 4.90 Å². The second-order valence-corrected chi connectivity index (χ2v) is 6.60. The summed E-state index contributed by atoms with van der Waals surface area (Å²) in [6.07, 6.45) is 2.18. The Kier molecular flexibility index (Phi) is 5.41. The standard InChI is InChI=1S/C19H23NO3S/c1-3-22-17-8-5-15(11-18(17)23-4-2)19(21)20(16-6-7-16)12-14-9-10-24-13-14/h5,8-11,13,16H,3-4,6-7,12H2,1-2H3. The highest BCUT2D eigenvalue weighted by Gasteiger charge is 2.33. The fourth-order valence-corrected chi connectivity index (χ4v) is 3.34. The molecule has 2 aromatic rings. The third-order valence-electron chi connectivity index (χ3n) is 3.97. The Balaban J connectivity index is 1.82. The molecule has 0 radical (unpaired) electrons. The minimum atomic E-state index is 0.0627. The highest BCUT2D eigenvalue weighted by Crippen LogP contribution is 2.33. The molecular formula is C19H23NO3S. The molecule has 5 heteroatoms. The average Bonchev–Trinajstić information content (AvgIpc) is 3.30. The third-order valence-corrected chi connectivity index (χ3v) is 4.70. The molecule has 1 aliphatic rings. The molecule has 1 aromatic carbocycles. The Bertz CT molecular complexity index is 680. The van der Waals surface area contributed by atoms with Crippen molar-refractivity contribution in [2.24, 2.45) is 0 Å². The minimum absolute atomic E-state index is 0.0627.